The van der Waals surface area contributed by atoms with E-state index in [1.807, 2.05) is 13.8 Å². The Labute approximate surface area is 163 Å². The number of allylic oxidation sites excluding steroid dienone is 1. The molecule has 0 aromatic carbocycles. The molecule has 1 saturated heterocycles. The number of carbonyl (C=O) groups is 2. The summed E-state index contributed by atoms with van der Waals surface area (Å²) >= 11 is 0. The van der Waals surface area contributed by atoms with Crippen molar-refractivity contribution in [2.75, 3.05) is 26.7 Å². The number of rotatable bonds is 11. The Morgan fingerprint density at radius 2 is 1.89 bits per heavy atom. The number of nitrogens with zero attached hydrogens (tertiary/aromatic N) is 1. The zero-order valence-corrected chi connectivity index (χ0v) is 17.2. The zero-order valence-electron chi connectivity index (χ0n) is 17.2. The molecule has 0 radical (unpaired) electrons. The van der Waals surface area contributed by atoms with Crippen LogP contribution in [0.2, 0.25) is 0 Å². The summed E-state index contributed by atoms with van der Waals surface area (Å²) in [4.78, 5) is 25.9. The number of hydrogen-bond donors (Lipinski definition) is 3. The Morgan fingerprint density at radius 1 is 1.22 bits per heavy atom. The monoisotopic (exact) mass is 379 g/mol. The molecule has 2 fully saturated rings. The third-order valence-corrected chi connectivity index (χ3v) is 6.05. The molecule has 1 aliphatic heterocycles. The maximum Gasteiger partial charge on any atom is 0.352 e. The molecule has 1 saturated carbocycles. The summed E-state index contributed by atoms with van der Waals surface area (Å²) in [7, 11) is 2.21. The van der Waals surface area contributed by atoms with E-state index in [0.29, 0.717) is 12.5 Å². The smallest absolute Gasteiger partial charge is 0.352 e. The summed E-state index contributed by atoms with van der Waals surface area (Å²) in [6, 6.07) is 0.667. The molecule has 1 heterocycles. The van der Waals surface area contributed by atoms with Crippen molar-refractivity contribution in [1.29, 1.82) is 0 Å². The molecule has 0 bridgehead atoms. The normalized spacial score (nSPS) is 25.2. The van der Waals surface area contributed by atoms with Crippen LogP contribution in [0.5, 0.6) is 0 Å². The zero-order chi connectivity index (χ0) is 19.9. The largest absolute Gasteiger partial charge is 0.477 e. The van der Waals surface area contributed by atoms with Crippen molar-refractivity contribution in [2.45, 2.75) is 71.3 Å². The van der Waals surface area contributed by atoms with E-state index in [1.165, 1.54) is 25.7 Å². The van der Waals surface area contributed by atoms with Crippen LogP contribution in [0.15, 0.2) is 11.8 Å². The second kappa shape index (κ2) is 10.2. The highest BCUT2D eigenvalue weighted by molar-refractivity contribution is 5.94. The lowest BCUT2D eigenvalue weighted by Crippen LogP contribution is -2.49. The summed E-state index contributed by atoms with van der Waals surface area (Å²) in [5.74, 6) is -1.26. The number of nitrogens with one attached hydrogen (secondary N) is 2. The maximum absolute atomic E-state index is 12.1. The Balaban J connectivity index is 1.56. The predicted octanol–water partition coefficient (Wildman–Crippen LogP) is 2.75. The van der Waals surface area contributed by atoms with E-state index in [1.54, 1.807) is 6.08 Å². The molecule has 1 aliphatic carbocycles. The fourth-order valence-corrected chi connectivity index (χ4v) is 3.81. The van der Waals surface area contributed by atoms with Gasteiger partial charge in [-0.15, -0.1) is 0 Å². The number of carboxylic acids is 1. The molecule has 2 atom stereocenters. The molecule has 0 spiro atoms. The van der Waals surface area contributed by atoms with Crippen LogP contribution in [0, 0.1) is 11.3 Å². The predicted molar refractivity (Wildman–Crippen MR) is 107 cm³/mol. The maximum atomic E-state index is 12.1. The van der Waals surface area contributed by atoms with Gasteiger partial charge in [-0.25, -0.2) is 4.79 Å². The van der Waals surface area contributed by atoms with E-state index in [2.05, 4.69) is 22.6 Å². The molecule has 2 rings (SSSR count). The van der Waals surface area contributed by atoms with Crippen LogP contribution < -0.4 is 10.6 Å². The van der Waals surface area contributed by atoms with E-state index < -0.39 is 5.97 Å². The van der Waals surface area contributed by atoms with E-state index >= 15 is 0 Å². The van der Waals surface area contributed by atoms with Crippen molar-refractivity contribution in [3.8, 4) is 0 Å². The van der Waals surface area contributed by atoms with Gasteiger partial charge in [0.05, 0.1) is 0 Å². The Morgan fingerprint density at radius 3 is 2.52 bits per heavy atom. The van der Waals surface area contributed by atoms with Crippen molar-refractivity contribution >= 4 is 11.9 Å². The average Bonchev–Trinajstić information content (AvgIpc) is 3.26. The summed E-state index contributed by atoms with van der Waals surface area (Å²) < 4.78 is 0. The lowest BCUT2D eigenvalue weighted by atomic mass is 10.0. The van der Waals surface area contributed by atoms with Gasteiger partial charge in [0.1, 0.15) is 5.70 Å². The second-order valence-electron chi connectivity index (χ2n) is 8.84. The number of unbranched alkanes of at least 4 members (excludes halogenated alkanes) is 5. The van der Waals surface area contributed by atoms with Crippen molar-refractivity contribution < 1.29 is 14.7 Å². The van der Waals surface area contributed by atoms with Crippen molar-refractivity contribution in [2.24, 2.45) is 11.3 Å². The molecule has 2 unspecified atom stereocenters. The lowest BCUT2D eigenvalue weighted by Gasteiger charge is -2.33. The van der Waals surface area contributed by atoms with Gasteiger partial charge in [-0.2, -0.15) is 0 Å². The second-order valence-corrected chi connectivity index (χ2v) is 8.84. The van der Waals surface area contributed by atoms with Crippen molar-refractivity contribution in [1.82, 2.24) is 15.5 Å². The third-order valence-electron chi connectivity index (χ3n) is 6.05. The SMILES string of the molecule is CN1CCNCC1CCCCCCC/C=C(\NC(=O)C1CC1(C)C)C(=O)O. The standard InChI is InChI=1S/C21H37N3O3/c1-21(2)14-17(21)19(25)23-18(20(26)27)11-9-7-5-4-6-8-10-16-15-22-12-13-24(16)3/h11,16-17,22H,4-10,12-15H2,1-3H3,(H,23,25)(H,26,27)/b18-11-. The minimum absolute atomic E-state index is 0.0101. The van der Waals surface area contributed by atoms with Gasteiger partial charge in [0, 0.05) is 31.6 Å². The number of hydrogen-bond acceptors (Lipinski definition) is 4. The van der Waals surface area contributed by atoms with Crippen molar-refractivity contribution in [3.05, 3.63) is 11.8 Å². The van der Waals surface area contributed by atoms with E-state index in [9.17, 15) is 14.7 Å². The Kier molecular flexibility index (Phi) is 8.29. The van der Waals surface area contributed by atoms with Gasteiger partial charge in [-0.3, -0.25) is 4.79 Å². The van der Waals surface area contributed by atoms with Gasteiger partial charge in [0.15, 0.2) is 0 Å². The lowest BCUT2D eigenvalue weighted by molar-refractivity contribution is -0.135. The average molecular weight is 380 g/mol. The molecule has 0 aromatic rings. The number of amides is 1. The minimum atomic E-state index is -1.05. The van der Waals surface area contributed by atoms with Crippen LogP contribution in [0.25, 0.3) is 0 Å². The van der Waals surface area contributed by atoms with Gasteiger partial charge in [-0.05, 0) is 38.1 Å². The van der Waals surface area contributed by atoms with Gasteiger partial charge >= 0.3 is 5.97 Å². The summed E-state index contributed by atoms with van der Waals surface area (Å²) in [6.07, 6.45) is 10.2. The molecule has 6 heteroatoms. The molecular formula is C21H37N3O3. The highest BCUT2D eigenvalue weighted by Gasteiger charge is 2.50. The minimum Gasteiger partial charge on any atom is -0.477 e. The first-order chi connectivity index (χ1) is 12.8. The van der Waals surface area contributed by atoms with Crippen LogP contribution in [0.4, 0.5) is 0 Å². The number of carbonyl (C=O) groups excluding carboxylic acids is 1. The van der Waals surface area contributed by atoms with Crippen molar-refractivity contribution in [3.63, 3.8) is 0 Å². The molecule has 3 N–H and O–H groups in total. The van der Waals surface area contributed by atoms with E-state index in [-0.39, 0.29) is 22.9 Å². The van der Waals surface area contributed by atoms with Crippen LogP contribution >= 0.6 is 0 Å². The van der Waals surface area contributed by atoms with Gasteiger partial charge in [-0.1, -0.05) is 45.6 Å². The Hall–Kier alpha value is -1.40. The molecule has 27 heavy (non-hydrogen) atoms. The summed E-state index contributed by atoms with van der Waals surface area (Å²) in [6.45, 7) is 7.40. The summed E-state index contributed by atoms with van der Waals surface area (Å²) in [5.41, 5.74) is 0.0476. The third kappa shape index (κ3) is 7.26. The van der Waals surface area contributed by atoms with Crippen LogP contribution in [0.3, 0.4) is 0 Å². The fraction of sp³-hybridized carbons (Fsp3) is 0.810. The summed E-state index contributed by atoms with van der Waals surface area (Å²) in [5, 5.41) is 15.3. The quantitative estimate of drug-likeness (QED) is 0.380. The number of aliphatic carboxylic acids is 1. The van der Waals surface area contributed by atoms with Crippen LogP contribution in [-0.2, 0) is 9.59 Å². The number of piperazine rings is 1. The first kappa shape index (κ1) is 21.9. The number of carboxylic acid groups (broad SMARTS) is 1. The number of likely N-dealkylation sites (N-methyl/N-ethyl adjacent to an activating group) is 1. The molecular weight excluding hydrogens is 342 g/mol. The Bertz CT molecular complexity index is 545. The van der Waals surface area contributed by atoms with Gasteiger partial charge in [0.2, 0.25) is 5.91 Å². The molecule has 2 aliphatic rings. The molecule has 6 nitrogen and oxygen atoms in total. The fourth-order valence-electron chi connectivity index (χ4n) is 3.81. The topological polar surface area (TPSA) is 81.7 Å². The van der Waals surface area contributed by atoms with Gasteiger partial charge < -0.3 is 20.6 Å². The van der Waals surface area contributed by atoms with Crippen LogP contribution in [-0.4, -0.2) is 54.6 Å². The first-order valence-corrected chi connectivity index (χ1v) is 10.5. The van der Waals surface area contributed by atoms with E-state index in [4.69, 9.17) is 0 Å². The highest BCUT2D eigenvalue weighted by Crippen LogP contribution is 2.51. The molecule has 1 amide bonds. The highest BCUT2D eigenvalue weighted by atomic mass is 16.4. The molecule has 154 valence electrons. The van der Waals surface area contributed by atoms with Crippen LogP contribution in [0.1, 0.15) is 65.2 Å². The first-order valence-electron chi connectivity index (χ1n) is 10.5. The van der Waals surface area contributed by atoms with Gasteiger partial charge in [0.25, 0.3) is 0 Å². The van der Waals surface area contributed by atoms with E-state index in [0.717, 1.165) is 38.9 Å². The molecule has 0 aromatic heterocycles.